The van der Waals surface area contributed by atoms with Crippen LogP contribution in [-0.2, 0) is 4.79 Å². The molecule has 1 aromatic heterocycles. The van der Waals surface area contributed by atoms with Crippen LogP contribution < -0.4 is 15.8 Å². The van der Waals surface area contributed by atoms with Crippen molar-refractivity contribution < 1.29 is 4.79 Å². The van der Waals surface area contributed by atoms with Gasteiger partial charge in [-0.2, -0.15) is 4.98 Å². The van der Waals surface area contributed by atoms with Gasteiger partial charge in [0.05, 0.1) is 5.56 Å². The first kappa shape index (κ1) is 18.2. The Morgan fingerprint density at radius 2 is 1.83 bits per heavy atom. The lowest BCUT2D eigenvalue weighted by Crippen LogP contribution is -2.36. The molecule has 6 heteroatoms. The standard InChI is InChI=1S/C23H26N4O2/c1-14-8-3-4-9-15(14)18-19-16(10-7-11-17(19)28)24-21-20(18)22(29)26-23(25-21)27-12-5-2-6-13-27/h3-4,8-9,18H,2,5-7,10-13H2,1H3,(H2,24,25,26,29)/t18-/m0/s1. The number of hydrogen-bond acceptors (Lipinski definition) is 5. The van der Waals surface area contributed by atoms with E-state index in [0.717, 1.165) is 61.2 Å². The molecule has 0 bridgehead atoms. The summed E-state index contributed by atoms with van der Waals surface area (Å²) in [6, 6.07) is 8.02. The highest BCUT2D eigenvalue weighted by Gasteiger charge is 2.38. The Kier molecular flexibility index (Phi) is 4.49. The summed E-state index contributed by atoms with van der Waals surface area (Å²) in [6.07, 6.45) is 5.64. The van der Waals surface area contributed by atoms with Crippen LogP contribution in [0.4, 0.5) is 11.8 Å². The molecule has 1 saturated heterocycles. The van der Waals surface area contributed by atoms with Crippen molar-refractivity contribution in [2.45, 2.75) is 51.4 Å². The highest BCUT2D eigenvalue weighted by Crippen LogP contribution is 2.44. The number of allylic oxidation sites excluding steroid dienone is 2. The van der Waals surface area contributed by atoms with E-state index in [4.69, 9.17) is 4.98 Å². The first-order valence-electron chi connectivity index (χ1n) is 10.6. The van der Waals surface area contributed by atoms with E-state index < -0.39 is 0 Å². The lowest BCUT2D eigenvalue weighted by molar-refractivity contribution is -0.116. The average Bonchev–Trinajstić information content (AvgIpc) is 2.73. The second-order valence-electron chi connectivity index (χ2n) is 8.28. The highest BCUT2D eigenvalue weighted by molar-refractivity contribution is 6.01. The lowest BCUT2D eigenvalue weighted by Gasteiger charge is -2.34. The predicted molar refractivity (Wildman–Crippen MR) is 113 cm³/mol. The van der Waals surface area contributed by atoms with Crippen LogP contribution in [0.3, 0.4) is 0 Å². The minimum absolute atomic E-state index is 0.136. The van der Waals surface area contributed by atoms with Crippen molar-refractivity contribution in [1.29, 1.82) is 0 Å². The Bertz CT molecular complexity index is 1060. The summed E-state index contributed by atoms with van der Waals surface area (Å²) in [4.78, 5) is 36.2. The van der Waals surface area contributed by atoms with E-state index >= 15 is 0 Å². The molecular formula is C23H26N4O2. The molecule has 5 rings (SSSR count). The van der Waals surface area contributed by atoms with Crippen LogP contribution in [0.25, 0.3) is 0 Å². The summed E-state index contributed by atoms with van der Waals surface area (Å²) in [5.41, 5.74) is 4.18. The molecule has 0 saturated carbocycles. The monoisotopic (exact) mass is 390 g/mol. The third-order valence-corrected chi connectivity index (χ3v) is 6.40. The maximum Gasteiger partial charge on any atom is 0.258 e. The number of H-pyrrole nitrogens is 1. The molecule has 0 spiro atoms. The van der Waals surface area contributed by atoms with Crippen LogP contribution in [0.1, 0.15) is 61.1 Å². The van der Waals surface area contributed by atoms with Crippen LogP contribution in [0.5, 0.6) is 0 Å². The Labute approximate surface area is 170 Å². The number of anilines is 2. The maximum absolute atomic E-state index is 13.3. The average molecular weight is 390 g/mol. The van der Waals surface area contributed by atoms with Gasteiger partial charge in [0.25, 0.3) is 5.56 Å². The Hall–Kier alpha value is -2.89. The van der Waals surface area contributed by atoms with Crippen molar-refractivity contribution in [1.82, 2.24) is 9.97 Å². The fraction of sp³-hybridized carbons (Fsp3) is 0.435. The van der Waals surface area contributed by atoms with Gasteiger partial charge in [-0.15, -0.1) is 0 Å². The Morgan fingerprint density at radius 3 is 2.62 bits per heavy atom. The molecule has 3 aliphatic rings. The van der Waals surface area contributed by atoms with E-state index in [1.165, 1.54) is 6.42 Å². The normalized spacial score (nSPS) is 21.5. The van der Waals surface area contributed by atoms with Gasteiger partial charge >= 0.3 is 0 Å². The fourth-order valence-corrected chi connectivity index (χ4v) is 4.93. The van der Waals surface area contributed by atoms with E-state index in [9.17, 15) is 9.59 Å². The van der Waals surface area contributed by atoms with Gasteiger partial charge < -0.3 is 10.2 Å². The van der Waals surface area contributed by atoms with E-state index in [1.54, 1.807) is 0 Å². The third kappa shape index (κ3) is 3.07. The second-order valence-corrected chi connectivity index (χ2v) is 8.28. The topological polar surface area (TPSA) is 78.1 Å². The van der Waals surface area contributed by atoms with Gasteiger partial charge in [0.2, 0.25) is 5.95 Å². The zero-order valence-corrected chi connectivity index (χ0v) is 16.8. The van der Waals surface area contributed by atoms with Gasteiger partial charge in [-0.25, -0.2) is 0 Å². The summed E-state index contributed by atoms with van der Waals surface area (Å²) in [5, 5.41) is 3.37. The Morgan fingerprint density at radius 1 is 1.03 bits per heavy atom. The van der Waals surface area contributed by atoms with Crippen molar-refractivity contribution in [3.63, 3.8) is 0 Å². The smallest absolute Gasteiger partial charge is 0.258 e. The Balaban J connectivity index is 1.69. The number of Topliss-reactive ketones (excluding diaryl/α,β-unsaturated/α-hetero) is 1. The van der Waals surface area contributed by atoms with Gasteiger partial charge in [-0.3, -0.25) is 14.6 Å². The molecule has 2 aromatic rings. The fourth-order valence-electron chi connectivity index (χ4n) is 4.93. The highest BCUT2D eigenvalue weighted by atomic mass is 16.1. The summed E-state index contributed by atoms with van der Waals surface area (Å²) < 4.78 is 0. The molecule has 1 fully saturated rings. The van der Waals surface area contributed by atoms with Crippen LogP contribution in [0.2, 0.25) is 0 Å². The molecular weight excluding hydrogens is 364 g/mol. The molecule has 0 amide bonds. The van der Waals surface area contributed by atoms with Crippen molar-refractivity contribution in [2.75, 3.05) is 23.3 Å². The molecule has 2 aliphatic heterocycles. The molecule has 6 nitrogen and oxygen atoms in total. The van der Waals surface area contributed by atoms with E-state index in [1.807, 2.05) is 31.2 Å². The number of carbonyl (C=O) groups is 1. The number of nitrogens with zero attached hydrogens (tertiary/aromatic N) is 2. The number of nitrogens with one attached hydrogen (secondary N) is 2. The van der Waals surface area contributed by atoms with E-state index in [2.05, 4.69) is 15.2 Å². The summed E-state index contributed by atoms with van der Waals surface area (Å²) in [7, 11) is 0. The lowest BCUT2D eigenvalue weighted by atomic mass is 9.75. The number of ketones is 1. The van der Waals surface area contributed by atoms with Crippen LogP contribution in [-0.4, -0.2) is 28.8 Å². The molecule has 150 valence electrons. The quantitative estimate of drug-likeness (QED) is 0.819. The molecule has 1 aromatic carbocycles. The SMILES string of the molecule is Cc1ccccc1[C@H]1C2=C(CCCC2=O)Nc2nc(N3CCCCC3)[nH]c(=O)c21. The largest absolute Gasteiger partial charge is 0.343 e. The summed E-state index contributed by atoms with van der Waals surface area (Å²) in [5.74, 6) is 1.02. The first-order chi connectivity index (χ1) is 14.1. The zero-order valence-electron chi connectivity index (χ0n) is 16.8. The summed E-state index contributed by atoms with van der Waals surface area (Å²) >= 11 is 0. The van der Waals surface area contributed by atoms with Gasteiger partial charge in [-0.05, 0) is 50.2 Å². The minimum atomic E-state index is -0.359. The number of aromatic amines is 1. The van der Waals surface area contributed by atoms with Gasteiger partial charge in [0.1, 0.15) is 5.82 Å². The third-order valence-electron chi connectivity index (χ3n) is 6.40. The van der Waals surface area contributed by atoms with E-state index in [0.29, 0.717) is 23.8 Å². The molecule has 2 N–H and O–H groups in total. The molecule has 0 unspecified atom stereocenters. The molecule has 1 atom stereocenters. The maximum atomic E-state index is 13.3. The van der Waals surface area contributed by atoms with Gasteiger partial charge in [-0.1, -0.05) is 24.3 Å². The number of piperidine rings is 1. The number of benzene rings is 1. The van der Waals surface area contributed by atoms with E-state index in [-0.39, 0.29) is 17.3 Å². The number of hydrogen-bond donors (Lipinski definition) is 2. The van der Waals surface area contributed by atoms with Crippen LogP contribution >= 0.6 is 0 Å². The number of aryl methyl sites for hydroxylation is 1. The number of carbonyl (C=O) groups excluding carboxylic acids is 1. The first-order valence-corrected chi connectivity index (χ1v) is 10.6. The van der Waals surface area contributed by atoms with Crippen molar-refractivity contribution in [3.05, 3.63) is 62.6 Å². The number of fused-ring (bicyclic) bond motifs is 1. The predicted octanol–water partition coefficient (Wildman–Crippen LogP) is 3.63. The molecule has 29 heavy (non-hydrogen) atoms. The summed E-state index contributed by atoms with van der Waals surface area (Å²) in [6.45, 7) is 3.86. The molecule has 0 radical (unpaired) electrons. The molecule has 1 aliphatic carbocycles. The molecule has 3 heterocycles. The van der Waals surface area contributed by atoms with Gasteiger partial charge in [0, 0.05) is 36.7 Å². The van der Waals surface area contributed by atoms with Crippen molar-refractivity contribution in [2.24, 2.45) is 0 Å². The minimum Gasteiger partial charge on any atom is -0.343 e. The number of rotatable bonds is 2. The van der Waals surface area contributed by atoms with Crippen molar-refractivity contribution in [3.8, 4) is 0 Å². The van der Waals surface area contributed by atoms with Crippen molar-refractivity contribution >= 4 is 17.5 Å². The van der Waals surface area contributed by atoms with Crippen LogP contribution in [0, 0.1) is 6.92 Å². The van der Waals surface area contributed by atoms with Gasteiger partial charge in [0.15, 0.2) is 5.78 Å². The second kappa shape index (κ2) is 7.17. The van der Waals surface area contributed by atoms with Crippen LogP contribution in [0.15, 0.2) is 40.3 Å². The number of aromatic nitrogens is 2. The zero-order chi connectivity index (χ0) is 20.0.